The van der Waals surface area contributed by atoms with Gasteiger partial charge in [-0.05, 0) is 41.5 Å². The van der Waals surface area contributed by atoms with E-state index >= 15 is 0 Å². The average Bonchev–Trinajstić information content (AvgIpc) is 3.35. The molecule has 0 aliphatic carbocycles. The molecule has 2 heterocycles. The molecule has 0 bridgehead atoms. The van der Waals surface area contributed by atoms with Crippen LogP contribution in [-0.2, 0) is 13.1 Å². The molecule has 2 aromatic heterocycles. The molecule has 0 fully saturated rings. The van der Waals surface area contributed by atoms with Crippen molar-refractivity contribution in [3.05, 3.63) is 84.2 Å². The van der Waals surface area contributed by atoms with Crippen LogP contribution in [0.1, 0.15) is 11.1 Å². The number of pyridine rings is 1. The Morgan fingerprint density at radius 3 is 1.88 bits per heavy atom. The van der Waals surface area contributed by atoms with E-state index < -0.39 is 0 Å². The SMILES string of the molecule is COc1ccc(CN(Cc2ccc(OC)cc2)c2cnc(-c3ccnc(OC)c3)o2)cc1. The van der Waals surface area contributed by atoms with E-state index in [1.165, 1.54) is 0 Å². The number of rotatable bonds is 9. The first kappa shape index (κ1) is 21.2. The third kappa shape index (κ3) is 5.00. The lowest BCUT2D eigenvalue weighted by molar-refractivity contribution is 0.398. The lowest BCUT2D eigenvalue weighted by Gasteiger charge is -2.22. The summed E-state index contributed by atoms with van der Waals surface area (Å²) in [6.45, 7) is 1.29. The van der Waals surface area contributed by atoms with Crippen LogP contribution in [-0.4, -0.2) is 31.3 Å². The molecule has 0 N–H and O–H groups in total. The average molecular weight is 431 g/mol. The Balaban J connectivity index is 1.62. The van der Waals surface area contributed by atoms with E-state index in [4.69, 9.17) is 18.6 Å². The highest BCUT2D eigenvalue weighted by Crippen LogP contribution is 2.28. The summed E-state index contributed by atoms with van der Waals surface area (Å²) >= 11 is 0. The molecule has 7 heteroatoms. The summed E-state index contributed by atoms with van der Waals surface area (Å²) in [5, 5.41) is 0. The van der Waals surface area contributed by atoms with Gasteiger partial charge in [-0.3, -0.25) is 0 Å². The fraction of sp³-hybridized carbons (Fsp3) is 0.200. The van der Waals surface area contributed by atoms with Crippen molar-refractivity contribution in [2.45, 2.75) is 13.1 Å². The molecule has 2 aromatic carbocycles. The number of anilines is 1. The Bertz CT molecular complexity index is 1090. The summed E-state index contributed by atoms with van der Waals surface area (Å²) in [4.78, 5) is 10.8. The van der Waals surface area contributed by atoms with Crippen LogP contribution in [0.3, 0.4) is 0 Å². The molecule has 0 amide bonds. The molecule has 164 valence electrons. The van der Waals surface area contributed by atoms with E-state index in [-0.39, 0.29) is 0 Å². The van der Waals surface area contributed by atoms with Gasteiger partial charge in [0.05, 0.1) is 27.5 Å². The minimum Gasteiger partial charge on any atom is -0.497 e. The van der Waals surface area contributed by atoms with Gasteiger partial charge in [-0.25, -0.2) is 9.97 Å². The molecule has 0 spiro atoms. The molecular formula is C25H25N3O4. The van der Waals surface area contributed by atoms with Crippen LogP contribution in [0, 0.1) is 0 Å². The highest BCUT2D eigenvalue weighted by molar-refractivity contribution is 5.56. The number of nitrogens with zero attached hydrogens (tertiary/aromatic N) is 3. The first-order chi connectivity index (χ1) is 15.7. The molecule has 0 atom stereocenters. The normalized spacial score (nSPS) is 10.6. The third-order valence-electron chi connectivity index (χ3n) is 5.06. The van der Waals surface area contributed by atoms with Crippen LogP contribution in [0.4, 0.5) is 5.88 Å². The van der Waals surface area contributed by atoms with Gasteiger partial charge in [-0.1, -0.05) is 24.3 Å². The van der Waals surface area contributed by atoms with Crippen LogP contribution in [0.15, 0.2) is 77.5 Å². The van der Waals surface area contributed by atoms with Crippen molar-refractivity contribution >= 4 is 5.88 Å². The molecule has 0 aliphatic rings. The van der Waals surface area contributed by atoms with Gasteiger partial charge in [0.25, 0.3) is 0 Å². The predicted molar refractivity (Wildman–Crippen MR) is 122 cm³/mol. The zero-order valence-electron chi connectivity index (χ0n) is 18.3. The smallest absolute Gasteiger partial charge is 0.228 e. The first-order valence-electron chi connectivity index (χ1n) is 10.2. The number of methoxy groups -OCH3 is 3. The van der Waals surface area contributed by atoms with Gasteiger partial charge < -0.3 is 23.5 Å². The summed E-state index contributed by atoms with van der Waals surface area (Å²) < 4.78 is 21.9. The van der Waals surface area contributed by atoms with E-state index in [2.05, 4.69) is 14.9 Å². The number of aromatic nitrogens is 2. The highest BCUT2D eigenvalue weighted by Gasteiger charge is 2.16. The summed E-state index contributed by atoms with van der Waals surface area (Å²) in [5.41, 5.74) is 3.06. The monoisotopic (exact) mass is 431 g/mol. The zero-order chi connectivity index (χ0) is 22.3. The molecule has 0 radical (unpaired) electrons. The van der Waals surface area contributed by atoms with Gasteiger partial charge in [0.15, 0.2) is 0 Å². The Kier molecular flexibility index (Phi) is 6.55. The fourth-order valence-electron chi connectivity index (χ4n) is 3.31. The Morgan fingerprint density at radius 1 is 0.750 bits per heavy atom. The minimum atomic E-state index is 0.509. The molecular weight excluding hydrogens is 406 g/mol. The second-order valence-electron chi connectivity index (χ2n) is 7.14. The fourth-order valence-corrected chi connectivity index (χ4v) is 3.31. The Hall–Kier alpha value is -4.00. The van der Waals surface area contributed by atoms with Crippen molar-refractivity contribution < 1.29 is 18.6 Å². The lowest BCUT2D eigenvalue weighted by Crippen LogP contribution is -2.21. The maximum Gasteiger partial charge on any atom is 0.228 e. The Labute approximate surface area is 187 Å². The third-order valence-corrected chi connectivity index (χ3v) is 5.06. The van der Waals surface area contributed by atoms with Crippen LogP contribution < -0.4 is 19.1 Å². The maximum atomic E-state index is 6.15. The summed E-state index contributed by atoms with van der Waals surface area (Å²) in [5.74, 6) is 3.33. The van der Waals surface area contributed by atoms with E-state index in [1.54, 1.807) is 39.8 Å². The van der Waals surface area contributed by atoms with Crippen molar-refractivity contribution in [2.24, 2.45) is 0 Å². The van der Waals surface area contributed by atoms with Crippen molar-refractivity contribution in [3.8, 4) is 28.8 Å². The van der Waals surface area contributed by atoms with Gasteiger partial charge >= 0.3 is 0 Å². The summed E-state index contributed by atoms with van der Waals surface area (Å²) in [7, 11) is 4.91. The molecule has 4 rings (SSSR count). The van der Waals surface area contributed by atoms with Crippen molar-refractivity contribution in [2.75, 3.05) is 26.2 Å². The van der Waals surface area contributed by atoms with Crippen molar-refractivity contribution in [1.29, 1.82) is 0 Å². The Morgan fingerprint density at radius 2 is 1.34 bits per heavy atom. The highest BCUT2D eigenvalue weighted by atomic mass is 16.5. The number of hydrogen-bond donors (Lipinski definition) is 0. The number of oxazole rings is 1. The largest absolute Gasteiger partial charge is 0.497 e. The van der Waals surface area contributed by atoms with E-state index in [1.807, 2.05) is 54.6 Å². The van der Waals surface area contributed by atoms with Crippen LogP contribution >= 0.6 is 0 Å². The summed E-state index contributed by atoms with van der Waals surface area (Å²) in [6, 6.07) is 19.6. The van der Waals surface area contributed by atoms with Gasteiger partial charge in [0.1, 0.15) is 11.5 Å². The van der Waals surface area contributed by atoms with Gasteiger partial charge in [0, 0.05) is 30.9 Å². The lowest BCUT2D eigenvalue weighted by atomic mass is 10.1. The number of benzene rings is 2. The number of hydrogen-bond acceptors (Lipinski definition) is 7. The maximum absolute atomic E-state index is 6.15. The van der Waals surface area contributed by atoms with Crippen LogP contribution in [0.2, 0.25) is 0 Å². The molecule has 0 saturated heterocycles. The number of ether oxygens (including phenoxy) is 3. The summed E-state index contributed by atoms with van der Waals surface area (Å²) in [6.07, 6.45) is 3.42. The quantitative estimate of drug-likeness (QED) is 0.371. The molecule has 7 nitrogen and oxygen atoms in total. The first-order valence-corrected chi connectivity index (χ1v) is 10.2. The van der Waals surface area contributed by atoms with E-state index in [0.29, 0.717) is 30.7 Å². The molecule has 32 heavy (non-hydrogen) atoms. The van der Waals surface area contributed by atoms with E-state index in [0.717, 1.165) is 28.2 Å². The van der Waals surface area contributed by atoms with E-state index in [9.17, 15) is 0 Å². The van der Waals surface area contributed by atoms with Crippen LogP contribution in [0.25, 0.3) is 11.5 Å². The standard InChI is InChI=1S/C25H25N3O4/c1-29-21-8-4-18(5-9-21)16-28(17-19-6-10-22(30-2)11-7-19)24-15-27-25(32-24)20-12-13-26-23(14-20)31-3/h4-15H,16-17H2,1-3H3. The van der Waals surface area contributed by atoms with Crippen molar-refractivity contribution in [1.82, 2.24) is 9.97 Å². The van der Waals surface area contributed by atoms with Gasteiger partial charge in [-0.2, -0.15) is 0 Å². The molecule has 0 unspecified atom stereocenters. The second-order valence-corrected chi connectivity index (χ2v) is 7.14. The molecule has 4 aromatic rings. The van der Waals surface area contributed by atoms with Crippen LogP contribution in [0.5, 0.6) is 17.4 Å². The van der Waals surface area contributed by atoms with Gasteiger partial charge in [0.2, 0.25) is 17.7 Å². The molecule has 0 aliphatic heterocycles. The zero-order valence-corrected chi connectivity index (χ0v) is 18.3. The van der Waals surface area contributed by atoms with Gasteiger partial charge in [-0.15, -0.1) is 0 Å². The van der Waals surface area contributed by atoms with Crippen molar-refractivity contribution in [3.63, 3.8) is 0 Å². The topological polar surface area (TPSA) is 69.9 Å². The molecule has 0 saturated carbocycles. The minimum absolute atomic E-state index is 0.509. The predicted octanol–water partition coefficient (Wildman–Crippen LogP) is 4.97. The second kappa shape index (κ2) is 9.87.